The second kappa shape index (κ2) is 10.0. The predicted molar refractivity (Wildman–Crippen MR) is 104 cm³/mol. The van der Waals surface area contributed by atoms with Crippen LogP contribution in [0.5, 0.6) is 23.0 Å². The van der Waals surface area contributed by atoms with Crippen molar-refractivity contribution in [2.75, 3.05) is 41.5 Å². The van der Waals surface area contributed by atoms with Crippen LogP contribution in [0.1, 0.15) is 11.1 Å². The summed E-state index contributed by atoms with van der Waals surface area (Å²) in [5.74, 6) is 2.66. The lowest BCUT2D eigenvalue weighted by molar-refractivity contribution is -0.897. The Labute approximate surface area is 161 Å². The van der Waals surface area contributed by atoms with Gasteiger partial charge in [0.15, 0.2) is 11.5 Å². The zero-order valence-corrected chi connectivity index (χ0v) is 16.7. The van der Waals surface area contributed by atoms with Crippen LogP contribution in [0.25, 0.3) is 0 Å². The molecule has 0 aliphatic rings. The zero-order chi connectivity index (χ0) is 19.8. The van der Waals surface area contributed by atoms with Crippen molar-refractivity contribution in [2.45, 2.75) is 19.6 Å². The van der Waals surface area contributed by atoms with Gasteiger partial charge in [-0.05, 0) is 30.7 Å². The van der Waals surface area contributed by atoms with Gasteiger partial charge >= 0.3 is 0 Å². The molecule has 6 nitrogen and oxygen atoms in total. The van der Waals surface area contributed by atoms with Crippen LogP contribution in [0.2, 0.25) is 0 Å². The number of quaternary nitrogens is 1. The number of rotatable bonds is 10. The van der Waals surface area contributed by atoms with Crippen LogP contribution in [0.15, 0.2) is 36.4 Å². The molecule has 27 heavy (non-hydrogen) atoms. The lowest BCUT2D eigenvalue weighted by atomic mass is 10.1. The van der Waals surface area contributed by atoms with E-state index < -0.39 is 6.10 Å². The fourth-order valence-corrected chi connectivity index (χ4v) is 3.07. The maximum atomic E-state index is 10.3. The Morgan fingerprint density at radius 2 is 1.63 bits per heavy atom. The Kier molecular flexibility index (Phi) is 7.76. The molecule has 0 aliphatic heterocycles. The van der Waals surface area contributed by atoms with Crippen LogP contribution < -0.4 is 23.8 Å². The minimum Gasteiger partial charge on any atom is -0.493 e. The lowest BCUT2D eigenvalue weighted by Crippen LogP contribution is -3.09. The number of aliphatic hydroxyl groups excluding tert-OH is 1. The fourth-order valence-electron chi connectivity index (χ4n) is 3.07. The first-order valence-electron chi connectivity index (χ1n) is 8.95. The molecule has 2 aromatic carbocycles. The van der Waals surface area contributed by atoms with E-state index in [4.69, 9.17) is 18.9 Å². The van der Waals surface area contributed by atoms with Gasteiger partial charge in [0.05, 0.1) is 33.9 Å². The van der Waals surface area contributed by atoms with Crippen molar-refractivity contribution in [1.29, 1.82) is 0 Å². The molecule has 0 saturated heterocycles. The third kappa shape index (κ3) is 5.52. The Bertz CT molecular complexity index is 735. The minimum absolute atomic E-state index is 0.255. The molecule has 0 heterocycles. The predicted octanol–water partition coefficient (Wildman–Crippen LogP) is 1.48. The molecule has 0 bridgehead atoms. The van der Waals surface area contributed by atoms with Gasteiger partial charge < -0.3 is 29.0 Å². The van der Waals surface area contributed by atoms with Crippen molar-refractivity contribution in [3.05, 3.63) is 47.5 Å². The van der Waals surface area contributed by atoms with Gasteiger partial charge in [0.25, 0.3) is 0 Å². The van der Waals surface area contributed by atoms with Crippen LogP contribution in [0, 0.1) is 6.92 Å². The molecule has 0 saturated carbocycles. The molecule has 148 valence electrons. The molecule has 2 rings (SSSR count). The Morgan fingerprint density at radius 1 is 0.926 bits per heavy atom. The number of ether oxygens (including phenoxy) is 4. The minimum atomic E-state index is -0.573. The number of nitrogens with one attached hydrogen (secondary N) is 1. The van der Waals surface area contributed by atoms with Crippen LogP contribution in [-0.2, 0) is 6.54 Å². The van der Waals surface area contributed by atoms with Gasteiger partial charge in [0, 0.05) is 0 Å². The monoisotopic (exact) mass is 376 g/mol. The van der Waals surface area contributed by atoms with E-state index >= 15 is 0 Å². The summed E-state index contributed by atoms with van der Waals surface area (Å²) >= 11 is 0. The largest absolute Gasteiger partial charge is 0.493 e. The third-order valence-corrected chi connectivity index (χ3v) is 4.39. The first-order chi connectivity index (χ1) is 13.0. The van der Waals surface area contributed by atoms with Gasteiger partial charge in [-0.2, -0.15) is 0 Å². The highest BCUT2D eigenvalue weighted by Crippen LogP contribution is 2.39. The Balaban J connectivity index is 1.96. The second-order valence-corrected chi connectivity index (χ2v) is 6.56. The molecule has 1 unspecified atom stereocenters. The number of para-hydroxylation sites is 1. The van der Waals surface area contributed by atoms with E-state index in [1.54, 1.807) is 21.3 Å². The maximum absolute atomic E-state index is 10.3. The highest BCUT2D eigenvalue weighted by atomic mass is 16.5. The molecule has 2 aromatic rings. The van der Waals surface area contributed by atoms with E-state index in [1.807, 2.05) is 50.4 Å². The molecule has 0 radical (unpaired) electrons. The molecular formula is C21H30NO5+. The topological polar surface area (TPSA) is 61.6 Å². The van der Waals surface area contributed by atoms with E-state index in [0.717, 1.165) is 21.8 Å². The summed E-state index contributed by atoms with van der Waals surface area (Å²) in [5, 5.41) is 10.3. The quantitative estimate of drug-likeness (QED) is 0.658. The highest BCUT2D eigenvalue weighted by molar-refractivity contribution is 5.55. The molecule has 0 amide bonds. The van der Waals surface area contributed by atoms with E-state index in [2.05, 4.69) is 0 Å². The molecular weight excluding hydrogens is 346 g/mol. The number of methoxy groups -OCH3 is 3. The van der Waals surface area contributed by atoms with Gasteiger partial charge in [0.1, 0.15) is 31.5 Å². The summed E-state index contributed by atoms with van der Waals surface area (Å²) in [6.45, 7) is 3.46. The number of hydrogen-bond donors (Lipinski definition) is 2. The van der Waals surface area contributed by atoms with E-state index in [1.165, 1.54) is 0 Å². The molecule has 6 heteroatoms. The van der Waals surface area contributed by atoms with Crippen LogP contribution in [0.4, 0.5) is 0 Å². The van der Waals surface area contributed by atoms with Crippen molar-refractivity contribution >= 4 is 0 Å². The first-order valence-corrected chi connectivity index (χ1v) is 8.95. The summed E-state index contributed by atoms with van der Waals surface area (Å²) in [4.78, 5) is 1.13. The average molecular weight is 376 g/mol. The SMILES string of the molecule is COc1ccc(C[NH+](C)C[C@H](O)COc2ccccc2C)c(OC)c1OC. The second-order valence-electron chi connectivity index (χ2n) is 6.56. The van der Waals surface area contributed by atoms with Gasteiger partial charge in [-0.3, -0.25) is 0 Å². The molecule has 0 aromatic heterocycles. The first kappa shape index (κ1) is 20.9. The number of hydrogen-bond acceptors (Lipinski definition) is 5. The van der Waals surface area contributed by atoms with Gasteiger partial charge in [-0.25, -0.2) is 0 Å². The van der Waals surface area contributed by atoms with Crippen LogP contribution >= 0.6 is 0 Å². The van der Waals surface area contributed by atoms with Crippen molar-refractivity contribution in [1.82, 2.24) is 0 Å². The van der Waals surface area contributed by atoms with Crippen molar-refractivity contribution < 1.29 is 29.0 Å². The zero-order valence-electron chi connectivity index (χ0n) is 16.7. The summed E-state index contributed by atoms with van der Waals surface area (Å²) in [5.41, 5.74) is 2.04. The fraction of sp³-hybridized carbons (Fsp3) is 0.429. The van der Waals surface area contributed by atoms with Gasteiger partial charge in [-0.15, -0.1) is 0 Å². The van der Waals surface area contributed by atoms with E-state index in [-0.39, 0.29) is 6.61 Å². The smallest absolute Gasteiger partial charge is 0.203 e. The van der Waals surface area contributed by atoms with Gasteiger partial charge in [0.2, 0.25) is 5.75 Å². The number of benzene rings is 2. The lowest BCUT2D eigenvalue weighted by Gasteiger charge is -2.21. The maximum Gasteiger partial charge on any atom is 0.203 e. The summed E-state index contributed by atoms with van der Waals surface area (Å²) in [6, 6.07) is 11.6. The van der Waals surface area contributed by atoms with Crippen molar-refractivity contribution in [3.63, 3.8) is 0 Å². The molecule has 2 atom stereocenters. The summed E-state index contributed by atoms with van der Waals surface area (Å²) < 4.78 is 22.0. The summed E-state index contributed by atoms with van der Waals surface area (Å²) in [6.07, 6.45) is -0.573. The Hall–Kier alpha value is -2.44. The molecule has 0 spiro atoms. The highest BCUT2D eigenvalue weighted by Gasteiger charge is 2.20. The summed E-state index contributed by atoms with van der Waals surface area (Å²) in [7, 11) is 6.82. The molecule has 2 N–H and O–H groups in total. The van der Waals surface area contributed by atoms with Crippen LogP contribution in [-0.4, -0.2) is 52.7 Å². The van der Waals surface area contributed by atoms with Gasteiger partial charge in [-0.1, -0.05) is 18.2 Å². The average Bonchev–Trinajstić information content (AvgIpc) is 2.66. The van der Waals surface area contributed by atoms with Crippen LogP contribution in [0.3, 0.4) is 0 Å². The molecule has 0 aliphatic carbocycles. The van der Waals surface area contributed by atoms with E-state index in [9.17, 15) is 5.11 Å². The normalized spacial score (nSPS) is 13.0. The standard InChI is InChI=1S/C21H29NO5/c1-15-8-6-7-9-18(15)27-14-17(23)13-22(2)12-16-10-11-19(24-3)21(26-5)20(16)25-4/h6-11,17,23H,12-14H2,1-5H3/p+1/t17-/m0/s1. The third-order valence-electron chi connectivity index (χ3n) is 4.39. The molecule has 0 fully saturated rings. The van der Waals surface area contributed by atoms with Crippen molar-refractivity contribution in [3.8, 4) is 23.0 Å². The number of aryl methyl sites for hydroxylation is 1. The number of aliphatic hydroxyl groups is 1. The Morgan fingerprint density at radius 3 is 2.26 bits per heavy atom. The number of likely N-dealkylation sites (N-methyl/N-ethyl adjacent to an activating group) is 1. The van der Waals surface area contributed by atoms with E-state index in [0.29, 0.717) is 30.3 Å². The van der Waals surface area contributed by atoms with Crippen molar-refractivity contribution in [2.24, 2.45) is 0 Å².